The topological polar surface area (TPSA) is 112 Å². The Hall–Kier alpha value is -1.63. The Morgan fingerprint density at radius 1 is 1.12 bits per heavy atom. The van der Waals surface area contributed by atoms with Crippen LogP contribution in [0.15, 0.2) is 0 Å². The van der Waals surface area contributed by atoms with E-state index >= 15 is 0 Å². The standard InChI is InChI=1S/C10H20N6O/c1-6(2)5-17-7(3)4-13-10-15-8(11)14-9(12)16-10/h6-7H,4-5H2,1-3H3,(H5,11,12,13,14,15,16). The highest BCUT2D eigenvalue weighted by molar-refractivity contribution is 5.36. The van der Waals surface area contributed by atoms with Crippen LogP contribution in [0.2, 0.25) is 0 Å². The molecule has 0 amide bonds. The molecule has 5 N–H and O–H groups in total. The number of nitrogens with zero attached hydrogens (tertiary/aromatic N) is 3. The number of ether oxygens (including phenoxy) is 1. The fourth-order valence-electron chi connectivity index (χ4n) is 1.14. The summed E-state index contributed by atoms with van der Waals surface area (Å²) in [5.74, 6) is 1.10. The van der Waals surface area contributed by atoms with Gasteiger partial charge in [-0.3, -0.25) is 0 Å². The Morgan fingerprint density at radius 3 is 2.24 bits per heavy atom. The largest absolute Gasteiger partial charge is 0.376 e. The van der Waals surface area contributed by atoms with Gasteiger partial charge in [0.25, 0.3) is 0 Å². The Labute approximate surface area is 101 Å². The van der Waals surface area contributed by atoms with Crippen molar-refractivity contribution in [2.45, 2.75) is 26.9 Å². The molecule has 0 aromatic carbocycles. The molecule has 1 rings (SSSR count). The SMILES string of the molecule is CC(C)COC(C)CNc1nc(N)nc(N)n1. The molecular formula is C10H20N6O. The van der Waals surface area contributed by atoms with Crippen molar-refractivity contribution in [1.29, 1.82) is 0 Å². The van der Waals surface area contributed by atoms with Gasteiger partial charge in [-0.15, -0.1) is 0 Å². The van der Waals surface area contributed by atoms with E-state index in [1.807, 2.05) is 6.92 Å². The summed E-state index contributed by atoms with van der Waals surface area (Å²) in [6, 6.07) is 0. The Kier molecular flexibility index (Phi) is 4.89. The van der Waals surface area contributed by atoms with Gasteiger partial charge in [-0.05, 0) is 12.8 Å². The quantitative estimate of drug-likeness (QED) is 0.664. The maximum atomic E-state index is 5.59. The predicted molar refractivity (Wildman–Crippen MR) is 67.4 cm³/mol. The van der Waals surface area contributed by atoms with Crippen molar-refractivity contribution in [2.24, 2.45) is 5.92 Å². The molecular weight excluding hydrogens is 220 g/mol. The summed E-state index contributed by atoms with van der Waals surface area (Å²) >= 11 is 0. The first kappa shape index (κ1) is 13.4. The molecule has 7 nitrogen and oxygen atoms in total. The van der Waals surface area contributed by atoms with Crippen LogP contribution in [0.25, 0.3) is 0 Å². The maximum absolute atomic E-state index is 5.59. The molecule has 0 radical (unpaired) electrons. The summed E-state index contributed by atoms with van der Waals surface area (Å²) in [5.41, 5.74) is 10.9. The monoisotopic (exact) mass is 240 g/mol. The number of nitrogens with two attached hydrogens (primary N) is 2. The molecule has 1 aromatic rings. The van der Waals surface area contributed by atoms with Crippen molar-refractivity contribution in [1.82, 2.24) is 15.0 Å². The van der Waals surface area contributed by atoms with Crippen molar-refractivity contribution >= 4 is 17.8 Å². The van der Waals surface area contributed by atoms with Crippen LogP contribution in [-0.2, 0) is 4.74 Å². The van der Waals surface area contributed by atoms with Crippen LogP contribution in [0.5, 0.6) is 0 Å². The molecule has 0 saturated heterocycles. The third-order valence-electron chi connectivity index (χ3n) is 1.93. The number of nitrogen functional groups attached to an aromatic ring is 2. The molecule has 96 valence electrons. The first-order valence-electron chi connectivity index (χ1n) is 5.60. The minimum atomic E-state index is 0.0663. The second-order valence-electron chi connectivity index (χ2n) is 4.29. The highest BCUT2D eigenvalue weighted by Gasteiger charge is 2.06. The third-order valence-corrected chi connectivity index (χ3v) is 1.93. The Bertz CT molecular complexity index is 336. The Balaban J connectivity index is 2.39. The van der Waals surface area contributed by atoms with Gasteiger partial charge in [-0.1, -0.05) is 13.8 Å². The lowest BCUT2D eigenvalue weighted by atomic mass is 10.2. The van der Waals surface area contributed by atoms with Gasteiger partial charge in [0.2, 0.25) is 17.8 Å². The molecule has 0 fully saturated rings. The summed E-state index contributed by atoms with van der Waals surface area (Å²) in [5, 5.41) is 3.00. The van der Waals surface area contributed by atoms with Crippen molar-refractivity contribution in [2.75, 3.05) is 29.9 Å². The number of nitrogens with one attached hydrogen (secondary N) is 1. The molecule has 7 heteroatoms. The lowest BCUT2D eigenvalue weighted by Gasteiger charge is -2.15. The summed E-state index contributed by atoms with van der Waals surface area (Å²) in [4.78, 5) is 11.5. The molecule has 1 atom stereocenters. The first-order valence-corrected chi connectivity index (χ1v) is 5.60. The van der Waals surface area contributed by atoms with Crippen molar-refractivity contribution in [3.63, 3.8) is 0 Å². The molecule has 1 heterocycles. The average molecular weight is 240 g/mol. The van der Waals surface area contributed by atoms with E-state index in [0.29, 0.717) is 18.4 Å². The van der Waals surface area contributed by atoms with Crippen LogP contribution in [0.3, 0.4) is 0 Å². The van der Waals surface area contributed by atoms with Gasteiger partial charge in [0.05, 0.1) is 6.10 Å². The predicted octanol–water partition coefficient (Wildman–Crippen LogP) is 0.509. The molecule has 0 spiro atoms. The van der Waals surface area contributed by atoms with Gasteiger partial charge < -0.3 is 21.5 Å². The summed E-state index contributed by atoms with van der Waals surface area (Å²) < 4.78 is 5.59. The second-order valence-corrected chi connectivity index (χ2v) is 4.29. The average Bonchev–Trinajstić information content (AvgIpc) is 2.22. The van der Waals surface area contributed by atoms with E-state index in [1.54, 1.807) is 0 Å². The number of hydrogen-bond donors (Lipinski definition) is 3. The normalized spacial score (nSPS) is 12.7. The zero-order valence-electron chi connectivity index (χ0n) is 10.5. The number of rotatable bonds is 6. The summed E-state index contributed by atoms with van der Waals surface area (Å²) in [6.45, 7) is 7.50. The first-order chi connectivity index (χ1) is 7.97. The molecule has 0 aliphatic carbocycles. The van der Waals surface area contributed by atoms with Crippen LogP contribution in [0, 0.1) is 5.92 Å². The summed E-state index contributed by atoms with van der Waals surface area (Å²) in [7, 11) is 0. The molecule has 1 unspecified atom stereocenters. The van der Waals surface area contributed by atoms with Gasteiger partial charge in [-0.25, -0.2) is 0 Å². The zero-order chi connectivity index (χ0) is 12.8. The Morgan fingerprint density at radius 2 is 1.71 bits per heavy atom. The lowest BCUT2D eigenvalue weighted by molar-refractivity contribution is 0.0555. The fourth-order valence-corrected chi connectivity index (χ4v) is 1.14. The smallest absolute Gasteiger partial charge is 0.229 e. The number of anilines is 3. The minimum Gasteiger partial charge on any atom is -0.376 e. The van der Waals surface area contributed by atoms with Crippen LogP contribution >= 0.6 is 0 Å². The minimum absolute atomic E-state index is 0.0663. The van der Waals surface area contributed by atoms with E-state index in [2.05, 4.69) is 34.1 Å². The van der Waals surface area contributed by atoms with E-state index < -0.39 is 0 Å². The van der Waals surface area contributed by atoms with E-state index in [0.717, 1.165) is 6.61 Å². The molecule has 1 aromatic heterocycles. The zero-order valence-corrected chi connectivity index (χ0v) is 10.5. The summed E-state index contributed by atoms with van der Waals surface area (Å²) in [6.07, 6.45) is 0.0663. The van der Waals surface area contributed by atoms with E-state index in [-0.39, 0.29) is 18.0 Å². The van der Waals surface area contributed by atoms with Crippen molar-refractivity contribution < 1.29 is 4.74 Å². The van der Waals surface area contributed by atoms with Crippen molar-refractivity contribution in [3.05, 3.63) is 0 Å². The number of hydrogen-bond acceptors (Lipinski definition) is 7. The van der Waals surface area contributed by atoms with E-state index in [9.17, 15) is 0 Å². The fraction of sp³-hybridized carbons (Fsp3) is 0.700. The molecule has 0 saturated carbocycles. The van der Waals surface area contributed by atoms with Gasteiger partial charge in [0.1, 0.15) is 0 Å². The number of aromatic nitrogens is 3. The van der Waals surface area contributed by atoms with Crippen molar-refractivity contribution in [3.8, 4) is 0 Å². The van der Waals surface area contributed by atoms with Gasteiger partial charge >= 0.3 is 0 Å². The second kappa shape index (κ2) is 6.19. The van der Waals surface area contributed by atoms with E-state index in [4.69, 9.17) is 16.2 Å². The highest BCUT2D eigenvalue weighted by atomic mass is 16.5. The van der Waals surface area contributed by atoms with Gasteiger partial charge in [-0.2, -0.15) is 15.0 Å². The maximum Gasteiger partial charge on any atom is 0.229 e. The van der Waals surface area contributed by atoms with Gasteiger partial charge in [0, 0.05) is 13.2 Å². The van der Waals surface area contributed by atoms with Crippen LogP contribution in [0.4, 0.5) is 17.8 Å². The van der Waals surface area contributed by atoms with Crippen LogP contribution in [-0.4, -0.2) is 34.2 Å². The third kappa shape index (κ3) is 5.30. The van der Waals surface area contributed by atoms with Crippen LogP contribution < -0.4 is 16.8 Å². The highest BCUT2D eigenvalue weighted by Crippen LogP contribution is 2.04. The molecule has 17 heavy (non-hydrogen) atoms. The molecule has 0 aliphatic heterocycles. The van der Waals surface area contributed by atoms with Gasteiger partial charge in [0.15, 0.2) is 0 Å². The molecule has 0 bridgehead atoms. The van der Waals surface area contributed by atoms with E-state index in [1.165, 1.54) is 0 Å². The van der Waals surface area contributed by atoms with Crippen LogP contribution in [0.1, 0.15) is 20.8 Å². The lowest BCUT2D eigenvalue weighted by Crippen LogP contribution is -2.23. The molecule has 0 aliphatic rings.